The van der Waals surface area contributed by atoms with Crippen molar-refractivity contribution in [2.75, 3.05) is 6.54 Å². The minimum absolute atomic E-state index is 0.109. The molecule has 2 heterocycles. The van der Waals surface area contributed by atoms with Gasteiger partial charge in [-0.15, -0.1) is 11.3 Å². The second kappa shape index (κ2) is 9.18. The molecule has 2 amide bonds. The maximum absolute atomic E-state index is 12.2. The first-order valence-corrected chi connectivity index (χ1v) is 9.69. The fourth-order valence-corrected chi connectivity index (χ4v) is 3.18. The van der Waals surface area contributed by atoms with Gasteiger partial charge in [-0.25, -0.2) is 4.98 Å². The van der Waals surface area contributed by atoms with Crippen LogP contribution in [0.5, 0.6) is 5.75 Å². The lowest BCUT2D eigenvalue weighted by molar-refractivity contribution is -0.120. The minimum Gasteiger partial charge on any atom is -0.491 e. The largest absolute Gasteiger partial charge is 0.491 e. The molecule has 0 atom stereocenters. The Kier molecular flexibility index (Phi) is 6.44. The molecule has 3 rings (SSSR count). The number of ether oxygens (including phenoxy) is 1. The summed E-state index contributed by atoms with van der Waals surface area (Å²) in [6.45, 7) is 4.08. The molecular formula is C20H21N3O4S. The van der Waals surface area contributed by atoms with E-state index in [0.29, 0.717) is 5.76 Å². The summed E-state index contributed by atoms with van der Waals surface area (Å²) < 4.78 is 10.8. The molecule has 0 bridgehead atoms. The molecule has 1 aromatic carbocycles. The third-order valence-electron chi connectivity index (χ3n) is 3.66. The molecule has 0 radical (unpaired) electrons. The molecule has 0 aliphatic heterocycles. The summed E-state index contributed by atoms with van der Waals surface area (Å²) in [5.74, 6) is 0.735. The van der Waals surface area contributed by atoms with Gasteiger partial charge in [0.1, 0.15) is 22.2 Å². The Morgan fingerprint density at radius 3 is 2.64 bits per heavy atom. The van der Waals surface area contributed by atoms with Gasteiger partial charge >= 0.3 is 0 Å². The van der Waals surface area contributed by atoms with Crippen LogP contribution < -0.4 is 15.4 Å². The van der Waals surface area contributed by atoms with E-state index in [1.54, 1.807) is 17.5 Å². The summed E-state index contributed by atoms with van der Waals surface area (Å²) in [7, 11) is 0. The highest BCUT2D eigenvalue weighted by Crippen LogP contribution is 2.26. The first kappa shape index (κ1) is 19.6. The highest BCUT2D eigenvalue weighted by molar-refractivity contribution is 7.13. The Balaban J connectivity index is 1.51. The van der Waals surface area contributed by atoms with E-state index in [1.165, 1.54) is 17.6 Å². The first-order chi connectivity index (χ1) is 13.5. The average molecular weight is 399 g/mol. The highest BCUT2D eigenvalue weighted by atomic mass is 32.1. The molecule has 2 aromatic heterocycles. The van der Waals surface area contributed by atoms with Crippen molar-refractivity contribution in [1.29, 1.82) is 0 Å². The summed E-state index contributed by atoms with van der Waals surface area (Å²) in [4.78, 5) is 28.4. The van der Waals surface area contributed by atoms with Crippen molar-refractivity contribution in [1.82, 2.24) is 15.6 Å². The van der Waals surface area contributed by atoms with Crippen molar-refractivity contribution >= 4 is 23.2 Å². The highest BCUT2D eigenvalue weighted by Gasteiger charge is 2.13. The van der Waals surface area contributed by atoms with Gasteiger partial charge in [-0.3, -0.25) is 9.59 Å². The lowest BCUT2D eigenvalue weighted by Crippen LogP contribution is -2.36. The summed E-state index contributed by atoms with van der Waals surface area (Å²) >= 11 is 1.37. The smallest absolute Gasteiger partial charge is 0.271 e. The van der Waals surface area contributed by atoms with E-state index >= 15 is 0 Å². The lowest BCUT2D eigenvalue weighted by atomic mass is 10.2. The van der Waals surface area contributed by atoms with Crippen molar-refractivity contribution in [2.45, 2.75) is 26.5 Å². The van der Waals surface area contributed by atoms with Crippen LogP contribution in [0.4, 0.5) is 0 Å². The van der Waals surface area contributed by atoms with Crippen LogP contribution in [0.2, 0.25) is 0 Å². The third-order valence-corrected chi connectivity index (χ3v) is 4.55. The van der Waals surface area contributed by atoms with E-state index < -0.39 is 5.91 Å². The second-order valence-corrected chi connectivity index (χ2v) is 7.13. The predicted molar refractivity (Wildman–Crippen MR) is 106 cm³/mol. The van der Waals surface area contributed by atoms with Crippen molar-refractivity contribution in [3.05, 3.63) is 59.5 Å². The Morgan fingerprint density at radius 2 is 1.96 bits per heavy atom. The number of amides is 2. The molecule has 0 fully saturated rings. The van der Waals surface area contributed by atoms with Gasteiger partial charge in [0.2, 0.25) is 5.91 Å². The fourth-order valence-electron chi connectivity index (χ4n) is 2.37. The minimum atomic E-state index is -0.393. The zero-order valence-corrected chi connectivity index (χ0v) is 16.4. The van der Waals surface area contributed by atoms with Gasteiger partial charge in [0, 0.05) is 10.9 Å². The average Bonchev–Trinajstić information content (AvgIpc) is 3.36. The molecule has 0 saturated carbocycles. The van der Waals surface area contributed by atoms with Gasteiger partial charge in [0.25, 0.3) is 5.91 Å². The number of benzene rings is 1. The number of rotatable bonds is 8. The molecule has 28 heavy (non-hydrogen) atoms. The van der Waals surface area contributed by atoms with Crippen molar-refractivity contribution in [2.24, 2.45) is 0 Å². The zero-order chi connectivity index (χ0) is 19.9. The van der Waals surface area contributed by atoms with E-state index in [9.17, 15) is 9.59 Å². The molecule has 8 heteroatoms. The number of nitrogens with one attached hydrogen (secondary N) is 2. The SMILES string of the molecule is CC(C)Oc1ccc(-c2nc(C(=O)NCC(=O)NCc3ccco3)cs2)cc1. The lowest BCUT2D eigenvalue weighted by Gasteiger charge is -2.09. The molecule has 7 nitrogen and oxygen atoms in total. The number of thiazole rings is 1. The zero-order valence-electron chi connectivity index (χ0n) is 15.6. The van der Waals surface area contributed by atoms with Crippen LogP contribution in [0.1, 0.15) is 30.1 Å². The summed E-state index contributed by atoms with van der Waals surface area (Å²) in [5, 5.41) is 7.63. The van der Waals surface area contributed by atoms with E-state index in [2.05, 4.69) is 15.6 Å². The van der Waals surface area contributed by atoms with Crippen LogP contribution in [0.25, 0.3) is 10.6 Å². The van der Waals surface area contributed by atoms with E-state index in [-0.39, 0.29) is 30.8 Å². The Bertz CT molecular complexity index is 917. The van der Waals surface area contributed by atoms with Gasteiger partial charge in [-0.1, -0.05) is 0 Å². The van der Waals surface area contributed by atoms with E-state index in [0.717, 1.165) is 16.3 Å². The Labute approximate surface area is 166 Å². The molecule has 0 spiro atoms. The second-order valence-electron chi connectivity index (χ2n) is 6.27. The standard InChI is InChI=1S/C20H21N3O4S/c1-13(2)27-15-7-5-14(6-8-15)20-23-17(12-28-20)19(25)22-11-18(24)21-10-16-4-3-9-26-16/h3-9,12-13H,10-11H2,1-2H3,(H,21,24)(H,22,25). The van der Waals surface area contributed by atoms with Crippen LogP contribution in [-0.2, 0) is 11.3 Å². The number of carbonyl (C=O) groups excluding carboxylic acids is 2. The molecule has 0 aliphatic carbocycles. The number of hydrogen-bond donors (Lipinski definition) is 2. The van der Waals surface area contributed by atoms with Gasteiger partial charge in [0.15, 0.2) is 0 Å². The van der Waals surface area contributed by atoms with Gasteiger partial charge < -0.3 is 19.8 Å². The van der Waals surface area contributed by atoms with Crippen LogP contribution in [0, 0.1) is 0 Å². The normalized spacial score (nSPS) is 10.7. The van der Waals surface area contributed by atoms with Crippen LogP contribution >= 0.6 is 11.3 Å². The van der Waals surface area contributed by atoms with Crippen LogP contribution in [-0.4, -0.2) is 29.4 Å². The molecule has 146 valence electrons. The molecule has 2 N–H and O–H groups in total. The predicted octanol–water partition coefficient (Wildman–Crippen LogP) is 3.24. The number of nitrogens with zero attached hydrogens (tertiary/aromatic N) is 1. The maximum Gasteiger partial charge on any atom is 0.271 e. The van der Waals surface area contributed by atoms with E-state index in [1.807, 2.05) is 38.1 Å². The topological polar surface area (TPSA) is 93.5 Å². The summed E-state index contributed by atoms with van der Waals surface area (Å²) in [6, 6.07) is 11.1. The molecule has 3 aromatic rings. The maximum atomic E-state index is 12.2. The third kappa shape index (κ3) is 5.43. The monoisotopic (exact) mass is 399 g/mol. The molecule has 0 unspecified atom stereocenters. The van der Waals surface area contributed by atoms with Crippen LogP contribution in [0.3, 0.4) is 0 Å². The number of carbonyl (C=O) groups is 2. The van der Waals surface area contributed by atoms with Crippen molar-refractivity contribution in [3.63, 3.8) is 0 Å². The molecule has 0 saturated heterocycles. The molecular weight excluding hydrogens is 378 g/mol. The van der Waals surface area contributed by atoms with Gasteiger partial charge in [-0.2, -0.15) is 0 Å². The van der Waals surface area contributed by atoms with Gasteiger partial charge in [-0.05, 0) is 50.2 Å². The first-order valence-electron chi connectivity index (χ1n) is 8.81. The fraction of sp³-hybridized carbons (Fsp3) is 0.250. The van der Waals surface area contributed by atoms with E-state index in [4.69, 9.17) is 9.15 Å². The molecule has 0 aliphatic rings. The Hall–Kier alpha value is -3.13. The van der Waals surface area contributed by atoms with Gasteiger partial charge in [0.05, 0.1) is 25.5 Å². The summed E-state index contributed by atoms with van der Waals surface area (Å²) in [5.41, 5.74) is 1.18. The van der Waals surface area contributed by atoms with Crippen molar-refractivity contribution < 1.29 is 18.7 Å². The number of furan rings is 1. The van der Waals surface area contributed by atoms with Crippen LogP contribution in [0.15, 0.2) is 52.5 Å². The quantitative estimate of drug-likeness (QED) is 0.607. The number of hydrogen-bond acceptors (Lipinski definition) is 6. The Morgan fingerprint density at radius 1 is 1.18 bits per heavy atom. The summed E-state index contributed by atoms with van der Waals surface area (Å²) in [6.07, 6.45) is 1.64. The number of aromatic nitrogens is 1. The van der Waals surface area contributed by atoms with Crippen molar-refractivity contribution in [3.8, 4) is 16.3 Å².